The van der Waals surface area contributed by atoms with Gasteiger partial charge in [-0.05, 0) is 48.7 Å². The van der Waals surface area contributed by atoms with E-state index in [1.807, 2.05) is 6.26 Å². The highest BCUT2D eigenvalue weighted by atomic mass is 32.2. The summed E-state index contributed by atoms with van der Waals surface area (Å²) in [5.74, 6) is -0.590. The maximum Gasteiger partial charge on any atom is 0.261 e. The summed E-state index contributed by atoms with van der Waals surface area (Å²) in [5, 5.41) is 2.77. The van der Waals surface area contributed by atoms with Gasteiger partial charge in [-0.25, -0.2) is 8.42 Å². The summed E-state index contributed by atoms with van der Waals surface area (Å²) in [7, 11) is -0.581. The zero-order chi connectivity index (χ0) is 21.8. The van der Waals surface area contributed by atoms with E-state index in [-0.39, 0.29) is 22.6 Å². The Bertz CT molecular complexity index is 1000. The SMILES string of the molecule is CSc1ccc(S(=O)(=O)Nc2ccc(C(=O)N(C)C)cc2)cc1NC(=O)C(C)C. The van der Waals surface area contributed by atoms with Crippen molar-refractivity contribution in [1.29, 1.82) is 0 Å². The second-order valence-corrected chi connectivity index (χ2v) is 9.42. The van der Waals surface area contributed by atoms with Gasteiger partial charge < -0.3 is 10.2 Å². The lowest BCUT2D eigenvalue weighted by Crippen LogP contribution is -2.21. The van der Waals surface area contributed by atoms with Crippen molar-refractivity contribution in [3.8, 4) is 0 Å². The van der Waals surface area contributed by atoms with Crippen LogP contribution in [0, 0.1) is 5.92 Å². The summed E-state index contributed by atoms with van der Waals surface area (Å²) in [6.45, 7) is 3.53. The minimum Gasteiger partial charge on any atom is -0.345 e. The lowest BCUT2D eigenvalue weighted by Gasteiger charge is -2.14. The number of rotatable bonds is 7. The molecule has 0 atom stereocenters. The third-order valence-electron chi connectivity index (χ3n) is 4.05. The van der Waals surface area contributed by atoms with Crippen LogP contribution >= 0.6 is 11.8 Å². The zero-order valence-corrected chi connectivity index (χ0v) is 18.6. The van der Waals surface area contributed by atoms with Crippen LogP contribution in [0.3, 0.4) is 0 Å². The van der Waals surface area contributed by atoms with Crippen molar-refractivity contribution >= 4 is 45.0 Å². The Balaban J connectivity index is 2.28. The first-order valence-electron chi connectivity index (χ1n) is 8.88. The Labute approximate surface area is 175 Å². The van der Waals surface area contributed by atoms with Gasteiger partial charge in [-0.3, -0.25) is 14.3 Å². The van der Waals surface area contributed by atoms with Gasteiger partial charge in [-0.1, -0.05) is 13.8 Å². The molecular weight excluding hydrogens is 410 g/mol. The van der Waals surface area contributed by atoms with Crippen LogP contribution in [0.5, 0.6) is 0 Å². The molecule has 0 unspecified atom stereocenters. The van der Waals surface area contributed by atoms with E-state index in [0.29, 0.717) is 16.9 Å². The van der Waals surface area contributed by atoms with Crippen LogP contribution in [0.1, 0.15) is 24.2 Å². The molecule has 0 saturated heterocycles. The molecule has 0 aliphatic heterocycles. The van der Waals surface area contributed by atoms with Crippen molar-refractivity contribution in [3.05, 3.63) is 48.0 Å². The van der Waals surface area contributed by atoms with Crippen molar-refractivity contribution < 1.29 is 18.0 Å². The van der Waals surface area contributed by atoms with Crippen LogP contribution in [0.4, 0.5) is 11.4 Å². The standard InChI is InChI=1S/C20H25N3O4S2/c1-13(2)19(24)21-17-12-16(10-11-18(17)28-5)29(26,27)22-15-8-6-14(7-9-15)20(25)23(3)4/h6-13,22H,1-5H3,(H,21,24). The van der Waals surface area contributed by atoms with Crippen molar-refractivity contribution in [3.63, 3.8) is 0 Å². The molecule has 0 radical (unpaired) electrons. The van der Waals surface area contributed by atoms with Crippen LogP contribution in [0.15, 0.2) is 52.3 Å². The number of carbonyl (C=O) groups excluding carboxylic acids is 2. The number of benzene rings is 2. The normalized spacial score (nSPS) is 11.2. The summed E-state index contributed by atoms with van der Waals surface area (Å²) in [6.07, 6.45) is 1.85. The lowest BCUT2D eigenvalue weighted by atomic mass is 10.2. The van der Waals surface area contributed by atoms with E-state index in [1.165, 1.54) is 40.9 Å². The predicted octanol–water partition coefficient (Wildman–Crippen LogP) is 3.51. The smallest absolute Gasteiger partial charge is 0.261 e. The van der Waals surface area contributed by atoms with Crippen molar-refractivity contribution in [1.82, 2.24) is 4.90 Å². The molecule has 2 N–H and O–H groups in total. The van der Waals surface area contributed by atoms with Crippen molar-refractivity contribution in [2.75, 3.05) is 30.4 Å². The number of nitrogens with one attached hydrogen (secondary N) is 2. The first-order chi connectivity index (χ1) is 13.5. The van der Waals surface area contributed by atoms with Crippen LogP contribution in [0.25, 0.3) is 0 Å². The highest BCUT2D eigenvalue weighted by Crippen LogP contribution is 2.29. The van der Waals surface area contributed by atoms with Gasteiger partial charge in [-0.15, -0.1) is 11.8 Å². The number of sulfonamides is 1. The second kappa shape index (κ2) is 9.32. The molecule has 7 nitrogen and oxygen atoms in total. The fraction of sp³-hybridized carbons (Fsp3) is 0.300. The van der Waals surface area contributed by atoms with Gasteiger partial charge in [-0.2, -0.15) is 0 Å². The Morgan fingerprint density at radius 1 is 1.03 bits per heavy atom. The van der Waals surface area contributed by atoms with Crippen LogP contribution in [-0.2, 0) is 14.8 Å². The van der Waals surface area contributed by atoms with Gasteiger partial charge >= 0.3 is 0 Å². The number of carbonyl (C=O) groups is 2. The number of hydrogen-bond acceptors (Lipinski definition) is 5. The van der Waals surface area contributed by atoms with Gasteiger partial charge in [0, 0.05) is 36.2 Å². The van der Waals surface area contributed by atoms with Crippen LogP contribution < -0.4 is 10.0 Å². The lowest BCUT2D eigenvalue weighted by molar-refractivity contribution is -0.118. The largest absolute Gasteiger partial charge is 0.345 e. The molecule has 0 aliphatic rings. The Morgan fingerprint density at radius 3 is 2.17 bits per heavy atom. The molecule has 0 heterocycles. The Hall–Kier alpha value is -2.52. The first kappa shape index (κ1) is 22.8. The maximum absolute atomic E-state index is 12.8. The number of hydrogen-bond donors (Lipinski definition) is 2. The number of anilines is 2. The summed E-state index contributed by atoms with van der Waals surface area (Å²) in [6, 6.07) is 10.8. The van der Waals surface area contributed by atoms with Gasteiger partial charge in [0.2, 0.25) is 5.91 Å². The van der Waals surface area contributed by atoms with E-state index in [2.05, 4.69) is 10.0 Å². The molecule has 0 saturated carbocycles. The molecule has 9 heteroatoms. The van der Waals surface area contributed by atoms with E-state index in [4.69, 9.17) is 0 Å². The van der Waals surface area contributed by atoms with Crippen molar-refractivity contribution in [2.45, 2.75) is 23.6 Å². The third-order valence-corrected chi connectivity index (χ3v) is 6.23. The van der Waals surface area contributed by atoms with Gasteiger partial charge in [0.05, 0.1) is 10.6 Å². The summed E-state index contributed by atoms with van der Waals surface area (Å²) in [5.41, 5.74) is 1.24. The minimum absolute atomic E-state index is 0.0304. The Morgan fingerprint density at radius 2 is 1.66 bits per heavy atom. The van der Waals surface area contributed by atoms with E-state index < -0.39 is 10.0 Å². The summed E-state index contributed by atoms with van der Waals surface area (Å²) >= 11 is 1.41. The first-order valence-corrected chi connectivity index (χ1v) is 11.6. The molecular formula is C20H25N3O4S2. The average molecular weight is 436 g/mol. The molecule has 29 heavy (non-hydrogen) atoms. The second-order valence-electron chi connectivity index (χ2n) is 6.89. The monoisotopic (exact) mass is 435 g/mol. The van der Waals surface area contributed by atoms with Gasteiger partial charge in [0.1, 0.15) is 0 Å². The summed E-state index contributed by atoms with van der Waals surface area (Å²) < 4.78 is 28.1. The van der Waals surface area contributed by atoms with Gasteiger partial charge in [0.25, 0.3) is 15.9 Å². The number of amides is 2. The Kier molecular flexibility index (Phi) is 7.32. The van der Waals surface area contributed by atoms with E-state index in [9.17, 15) is 18.0 Å². The average Bonchev–Trinajstić information content (AvgIpc) is 2.67. The molecule has 0 bridgehead atoms. The molecule has 0 spiro atoms. The fourth-order valence-corrected chi connectivity index (χ4v) is 4.00. The fourth-order valence-electron chi connectivity index (χ4n) is 2.38. The zero-order valence-electron chi connectivity index (χ0n) is 17.0. The van der Waals surface area contributed by atoms with Crippen molar-refractivity contribution in [2.24, 2.45) is 5.92 Å². The van der Waals surface area contributed by atoms with Gasteiger partial charge in [0.15, 0.2) is 0 Å². The van der Waals surface area contributed by atoms with E-state index in [0.717, 1.165) is 4.90 Å². The topological polar surface area (TPSA) is 95.6 Å². The minimum atomic E-state index is -3.87. The molecule has 156 valence electrons. The molecule has 0 aliphatic carbocycles. The molecule has 0 aromatic heterocycles. The molecule has 0 fully saturated rings. The summed E-state index contributed by atoms with van der Waals surface area (Å²) in [4.78, 5) is 26.2. The molecule has 2 amide bonds. The molecule has 2 rings (SSSR count). The quantitative estimate of drug-likeness (QED) is 0.649. The molecule has 2 aromatic rings. The number of thioether (sulfide) groups is 1. The van der Waals surface area contributed by atoms with E-state index in [1.54, 1.807) is 46.1 Å². The number of nitrogens with zero attached hydrogens (tertiary/aromatic N) is 1. The molecule has 2 aromatic carbocycles. The van der Waals surface area contributed by atoms with Crippen LogP contribution in [-0.4, -0.2) is 45.5 Å². The maximum atomic E-state index is 12.8. The highest BCUT2D eigenvalue weighted by molar-refractivity contribution is 7.98. The van der Waals surface area contributed by atoms with E-state index >= 15 is 0 Å². The third kappa shape index (κ3) is 5.74. The predicted molar refractivity (Wildman–Crippen MR) is 117 cm³/mol. The van der Waals surface area contributed by atoms with Crippen LogP contribution in [0.2, 0.25) is 0 Å². The highest BCUT2D eigenvalue weighted by Gasteiger charge is 2.18.